The Morgan fingerprint density at radius 1 is 1.03 bits per heavy atom. The molecular formula is C28H35N3O3. The normalized spacial score (nSPS) is 27.0. The molecule has 0 saturated carbocycles. The topological polar surface area (TPSA) is 61.9 Å². The van der Waals surface area contributed by atoms with E-state index in [9.17, 15) is 9.59 Å². The zero-order chi connectivity index (χ0) is 23.7. The van der Waals surface area contributed by atoms with Crippen LogP contribution >= 0.6 is 0 Å². The highest BCUT2D eigenvalue weighted by Gasteiger charge is 2.43. The van der Waals surface area contributed by atoms with Gasteiger partial charge in [-0.3, -0.25) is 9.59 Å². The van der Waals surface area contributed by atoms with E-state index in [1.165, 1.54) is 45.2 Å². The molecule has 2 aromatic rings. The Morgan fingerprint density at radius 2 is 1.79 bits per heavy atom. The van der Waals surface area contributed by atoms with E-state index in [0.29, 0.717) is 24.1 Å². The minimum absolute atomic E-state index is 0.000510. The summed E-state index contributed by atoms with van der Waals surface area (Å²) >= 11 is 0. The number of amides is 2. The molecule has 0 bridgehead atoms. The molecule has 0 radical (unpaired) electrons. The summed E-state index contributed by atoms with van der Waals surface area (Å²) in [4.78, 5) is 31.4. The van der Waals surface area contributed by atoms with Crippen LogP contribution in [-0.2, 0) is 4.79 Å². The summed E-state index contributed by atoms with van der Waals surface area (Å²) in [6, 6.07) is 15.5. The predicted octanol–water partition coefficient (Wildman–Crippen LogP) is 3.99. The van der Waals surface area contributed by atoms with E-state index in [4.69, 9.17) is 4.74 Å². The van der Waals surface area contributed by atoms with Crippen LogP contribution in [0.15, 0.2) is 48.5 Å². The minimum Gasteiger partial charge on any atom is -0.497 e. The average molecular weight is 462 g/mol. The van der Waals surface area contributed by atoms with Crippen LogP contribution in [0.25, 0.3) is 0 Å². The molecule has 6 nitrogen and oxygen atoms in total. The van der Waals surface area contributed by atoms with Gasteiger partial charge in [-0.2, -0.15) is 0 Å². The van der Waals surface area contributed by atoms with E-state index < -0.39 is 5.92 Å². The third-order valence-electron chi connectivity index (χ3n) is 8.09. The van der Waals surface area contributed by atoms with Crippen LogP contribution in [0.1, 0.15) is 65.5 Å². The molecule has 180 valence electrons. The van der Waals surface area contributed by atoms with Gasteiger partial charge in [0.2, 0.25) is 5.91 Å². The van der Waals surface area contributed by atoms with Crippen molar-refractivity contribution in [2.75, 3.05) is 33.8 Å². The standard InChI is InChI=1S/C28H35N3O3/c1-30-26(19-12-14-21(34-2)15-13-19)25(22-9-3-4-10-23(22)28(30)33)27(32)29-18-20-8-7-17-31-16-6-5-11-24(20)31/h3-4,9-10,12-15,20,24-26H,5-8,11,16-18H2,1-2H3,(H,29,32)/t20-,24+,25+,26-/m0/s1. The molecule has 2 saturated heterocycles. The summed E-state index contributed by atoms with van der Waals surface area (Å²) in [7, 11) is 3.44. The first-order valence-electron chi connectivity index (χ1n) is 12.6. The maximum Gasteiger partial charge on any atom is 0.254 e. The monoisotopic (exact) mass is 461 g/mol. The molecule has 6 heteroatoms. The lowest BCUT2D eigenvalue weighted by Crippen LogP contribution is -2.52. The zero-order valence-corrected chi connectivity index (χ0v) is 20.2. The third-order valence-corrected chi connectivity index (χ3v) is 8.09. The second kappa shape index (κ2) is 9.79. The van der Waals surface area contributed by atoms with Gasteiger partial charge >= 0.3 is 0 Å². The lowest BCUT2D eigenvalue weighted by atomic mass is 9.79. The van der Waals surface area contributed by atoms with Gasteiger partial charge in [0.05, 0.1) is 19.1 Å². The molecule has 5 rings (SSSR count). The molecule has 34 heavy (non-hydrogen) atoms. The Balaban J connectivity index is 1.42. The van der Waals surface area contributed by atoms with Gasteiger partial charge in [0.25, 0.3) is 5.91 Å². The molecule has 3 heterocycles. The van der Waals surface area contributed by atoms with Gasteiger partial charge in [-0.15, -0.1) is 0 Å². The first-order chi connectivity index (χ1) is 16.6. The molecule has 1 N–H and O–H groups in total. The number of nitrogens with zero attached hydrogens (tertiary/aromatic N) is 2. The van der Waals surface area contributed by atoms with E-state index in [1.807, 2.05) is 48.5 Å². The number of piperidine rings is 2. The highest BCUT2D eigenvalue weighted by Crippen LogP contribution is 2.42. The van der Waals surface area contributed by atoms with E-state index >= 15 is 0 Å². The number of carbonyl (C=O) groups is 2. The fraction of sp³-hybridized carbons (Fsp3) is 0.500. The maximum absolute atomic E-state index is 13.8. The lowest BCUT2D eigenvalue weighted by molar-refractivity contribution is -0.124. The Bertz CT molecular complexity index is 1040. The number of likely N-dealkylation sites (N-methyl/N-ethyl adjacent to an activating group) is 1. The van der Waals surface area contributed by atoms with Gasteiger partial charge in [-0.25, -0.2) is 0 Å². The van der Waals surface area contributed by atoms with Gasteiger partial charge < -0.3 is 19.9 Å². The van der Waals surface area contributed by atoms with E-state index in [0.717, 1.165) is 16.9 Å². The predicted molar refractivity (Wildman–Crippen MR) is 132 cm³/mol. The summed E-state index contributed by atoms with van der Waals surface area (Å²) in [6.07, 6.45) is 6.18. The summed E-state index contributed by atoms with van der Waals surface area (Å²) in [5, 5.41) is 3.33. The Morgan fingerprint density at radius 3 is 2.59 bits per heavy atom. The number of hydrogen-bond acceptors (Lipinski definition) is 4. The SMILES string of the molecule is COc1ccc([C@H]2[C@H](C(=O)NC[C@@H]3CCCN4CCCC[C@H]34)c3ccccc3C(=O)N2C)cc1. The van der Waals surface area contributed by atoms with Crippen molar-refractivity contribution in [2.45, 2.75) is 50.1 Å². The summed E-state index contributed by atoms with van der Waals surface area (Å²) in [5.41, 5.74) is 2.36. The molecule has 2 aromatic carbocycles. The van der Waals surface area contributed by atoms with Crippen molar-refractivity contribution >= 4 is 11.8 Å². The van der Waals surface area contributed by atoms with Gasteiger partial charge in [0.15, 0.2) is 0 Å². The highest BCUT2D eigenvalue weighted by molar-refractivity contribution is 6.01. The second-order valence-corrected chi connectivity index (χ2v) is 9.95. The van der Waals surface area contributed by atoms with E-state index in [-0.39, 0.29) is 17.9 Å². The number of carbonyl (C=O) groups excluding carboxylic acids is 2. The third kappa shape index (κ3) is 4.20. The fourth-order valence-corrected chi connectivity index (χ4v) is 6.33. The first kappa shape index (κ1) is 22.9. The summed E-state index contributed by atoms with van der Waals surface area (Å²) in [6.45, 7) is 3.08. The molecule has 0 aliphatic carbocycles. The van der Waals surface area contributed by atoms with Crippen LogP contribution in [0.5, 0.6) is 5.75 Å². The molecular weight excluding hydrogens is 426 g/mol. The van der Waals surface area contributed by atoms with Gasteiger partial charge in [0.1, 0.15) is 5.75 Å². The van der Waals surface area contributed by atoms with Crippen LogP contribution < -0.4 is 10.1 Å². The number of methoxy groups -OCH3 is 1. The van der Waals surface area contributed by atoms with Gasteiger partial charge in [-0.1, -0.05) is 36.8 Å². The van der Waals surface area contributed by atoms with Crippen molar-refractivity contribution in [1.29, 1.82) is 0 Å². The van der Waals surface area contributed by atoms with Crippen LogP contribution in [0.3, 0.4) is 0 Å². The Labute approximate surface area is 202 Å². The van der Waals surface area contributed by atoms with Crippen molar-refractivity contribution < 1.29 is 14.3 Å². The molecule has 0 unspecified atom stereocenters. The molecule has 3 aliphatic heterocycles. The number of benzene rings is 2. The van der Waals surface area contributed by atoms with Crippen molar-refractivity contribution in [3.8, 4) is 5.75 Å². The zero-order valence-electron chi connectivity index (χ0n) is 20.2. The van der Waals surface area contributed by atoms with E-state index in [1.54, 1.807) is 19.1 Å². The van der Waals surface area contributed by atoms with Gasteiger partial charge in [0, 0.05) is 25.2 Å². The maximum atomic E-state index is 13.8. The smallest absolute Gasteiger partial charge is 0.254 e. The van der Waals surface area contributed by atoms with Crippen molar-refractivity contribution in [1.82, 2.24) is 15.1 Å². The molecule has 2 amide bonds. The number of ether oxygens (including phenoxy) is 1. The van der Waals surface area contributed by atoms with E-state index in [2.05, 4.69) is 10.2 Å². The first-order valence-corrected chi connectivity index (χ1v) is 12.6. The number of nitrogens with one attached hydrogen (secondary N) is 1. The van der Waals surface area contributed by atoms with Crippen LogP contribution in [0.4, 0.5) is 0 Å². The van der Waals surface area contributed by atoms with Gasteiger partial charge in [-0.05, 0) is 74.0 Å². The molecule has 3 aliphatic rings. The number of hydrogen-bond donors (Lipinski definition) is 1. The minimum atomic E-state index is -0.460. The van der Waals surface area contributed by atoms with Crippen LogP contribution in [0, 0.1) is 5.92 Å². The largest absolute Gasteiger partial charge is 0.497 e. The van der Waals surface area contributed by atoms with Crippen LogP contribution in [-0.4, -0.2) is 61.4 Å². The molecule has 0 aromatic heterocycles. The molecule has 2 fully saturated rings. The average Bonchev–Trinajstić information content (AvgIpc) is 2.89. The second-order valence-electron chi connectivity index (χ2n) is 9.95. The van der Waals surface area contributed by atoms with Crippen molar-refractivity contribution in [3.05, 3.63) is 65.2 Å². The molecule has 4 atom stereocenters. The number of rotatable bonds is 5. The Kier molecular flexibility index (Phi) is 6.59. The number of fused-ring (bicyclic) bond motifs is 2. The van der Waals surface area contributed by atoms with Crippen LogP contribution in [0.2, 0.25) is 0 Å². The summed E-state index contributed by atoms with van der Waals surface area (Å²) < 4.78 is 5.32. The molecule has 0 spiro atoms. The summed E-state index contributed by atoms with van der Waals surface area (Å²) in [5.74, 6) is 0.740. The van der Waals surface area contributed by atoms with Crippen molar-refractivity contribution in [2.24, 2.45) is 5.92 Å². The lowest BCUT2D eigenvalue weighted by Gasteiger charge is -2.45. The quantitative estimate of drug-likeness (QED) is 0.732. The fourth-order valence-electron chi connectivity index (χ4n) is 6.33. The van der Waals surface area contributed by atoms with Crippen molar-refractivity contribution in [3.63, 3.8) is 0 Å². The Hall–Kier alpha value is -2.86. The highest BCUT2D eigenvalue weighted by atomic mass is 16.5.